The van der Waals surface area contributed by atoms with E-state index < -0.39 is 82.7 Å². The van der Waals surface area contributed by atoms with Crippen LogP contribution in [0.25, 0.3) is 0 Å². The molecule has 17 heteroatoms. The zero-order chi connectivity index (χ0) is 53.2. The Bertz CT molecular complexity index is 2240. The summed E-state index contributed by atoms with van der Waals surface area (Å²) in [5, 5.41) is 20.7. The van der Waals surface area contributed by atoms with Crippen molar-refractivity contribution in [2.24, 2.45) is 16.7 Å². The van der Waals surface area contributed by atoms with Gasteiger partial charge >= 0.3 is 0 Å². The molecule has 2 heterocycles. The molecule has 0 spiro atoms. The minimum atomic E-state index is -0.985. The molecule has 0 saturated carbocycles. The molecule has 7 amide bonds. The van der Waals surface area contributed by atoms with Gasteiger partial charge in [0, 0.05) is 36.7 Å². The Morgan fingerprint density at radius 3 is 1.36 bits per heavy atom. The summed E-state index contributed by atoms with van der Waals surface area (Å²) in [6, 6.07) is 18.7. The highest BCUT2D eigenvalue weighted by atomic mass is 16.2. The third-order valence-electron chi connectivity index (χ3n) is 13.9. The fourth-order valence-electron chi connectivity index (χ4n) is 9.15. The largest absolute Gasteiger partial charge is 0.348 e. The lowest BCUT2D eigenvalue weighted by Crippen LogP contribution is -2.59. The Kier molecular flexibility index (Phi) is 19.1. The first-order valence-corrected chi connectivity index (χ1v) is 25.0. The molecule has 3 aromatic rings. The number of carbonyl (C=O) groups is 8. The van der Waals surface area contributed by atoms with Crippen molar-refractivity contribution in [1.29, 1.82) is 0 Å². The summed E-state index contributed by atoms with van der Waals surface area (Å²) in [7, 11) is 3.30. The van der Waals surface area contributed by atoms with Crippen LogP contribution < -0.4 is 37.2 Å². The van der Waals surface area contributed by atoms with Gasteiger partial charge in [-0.3, -0.25) is 38.4 Å². The molecule has 2 fully saturated rings. The van der Waals surface area contributed by atoms with Crippen molar-refractivity contribution in [3.63, 3.8) is 0 Å². The van der Waals surface area contributed by atoms with Crippen LogP contribution >= 0.6 is 0 Å². The van der Waals surface area contributed by atoms with Crippen molar-refractivity contribution in [1.82, 2.24) is 47.0 Å². The van der Waals surface area contributed by atoms with Gasteiger partial charge in [0.05, 0.1) is 24.2 Å². The van der Waals surface area contributed by atoms with Crippen molar-refractivity contribution in [2.75, 3.05) is 27.2 Å². The lowest BCUT2D eigenvalue weighted by Gasteiger charge is -2.36. The van der Waals surface area contributed by atoms with Crippen LogP contribution in [0.3, 0.4) is 0 Å². The standard InChI is InChI=1S/C55H77N9O8/c1-32(37-19-15-13-16-20-37)58-50(69)42-27-36(30-63(42)52(71)45(54(5,6)7)61-47(66)34(3)56-11)28-44(65)39-23-25-40(26-24-39)49(68)60-41-29-43(51(70)59-33(2)38-21-17-14-18-22-38)64(31-41)53(72)46(55(8,9)10)62-48(67)35(4)57-12/h13-26,32-36,41-43,45-46,56-57H,27-31H2,1-12H3,(H,58,69)(H,59,70)(H,60,68)(H,61,66)(H,62,67)/t32-,33-,34+,35+,36-,41+,42+,43+,45-,46-/m1/s1. The maximum Gasteiger partial charge on any atom is 0.251 e. The van der Waals surface area contributed by atoms with E-state index >= 15 is 0 Å². The summed E-state index contributed by atoms with van der Waals surface area (Å²) in [5.41, 5.74) is 0.902. The van der Waals surface area contributed by atoms with E-state index in [0.717, 1.165) is 11.1 Å². The number of ketones is 1. The fourth-order valence-corrected chi connectivity index (χ4v) is 9.15. The molecule has 0 aliphatic carbocycles. The van der Waals surface area contributed by atoms with Gasteiger partial charge in [-0.05, 0) is 94.6 Å². The molecule has 0 bridgehead atoms. The van der Waals surface area contributed by atoms with Crippen LogP contribution in [0, 0.1) is 16.7 Å². The molecule has 0 radical (unpaired) electrons. The highest BCUT2D eigenvalue weighted by Gasteiger charge is 2.47. The van der Waals surface area contributed by atoms with Gasteiger partial charge in [0.15, 0.2) is 5.78 Å². The Morgan fingerprint density at radius 1 is 0.542 bits per heavy atom. The van der Waals surface area contributed by atoms with Gasteiger partial charge in [-0.15, -0.1) is 0 Å². The van der Waals surface area contributed by atoms with Crippen molar-refractivity contribution >= 4 is 47.1 Å². The Hall–Kier alpha value is -6.46. The van der Waals surface area contributed by atoms with Crippen LogP contribution in [0.1, 0.15) is 132 Å². The number of likely N-dealkylation sites (N-methyl/N-ethyl adjacent to an activating group) is 2. The van der Waals surface area contributed by atoms with Crippen molar-refractivity contribution < 1.29 is 38.4 Å². The lowest BCUT2D eigenvalue weighted by atomic mass is 9.85. The van der Waals surface area contributed by atoms with Crippen LogP contribution in [0.15, 0.2) is 84.9 Å². The molecule has 3 aromatic carbocycles. The second-order valence-electron chi connectivity index (χ2n) is 21.6. The van der Waals surface area contributed by atoms with Crippen molar-refractivity contribution in [3.8, 4) is 0 Å². The molecule has 2 aliphatic heterocycles. The average Bonchev–Trinajstić information content (AvgIpc) is 3.98. The Labute approximate surface area is 425 Å². The number of rotatable bonds is 19. The predicted molar refractivity (Wildman–Crippen MR) is 276 cm³/mol. The highest BCUT2D eigenvalue weighted by Crippen LogP contribution is 2.32. The summed E-state index contributed by atoms with van der Waals surface area (Å²) in [6.07, 6.45) is 0.340. The Balaban J connectivity index is 1.31. The van der Waals surface area contributed by atoms with E-state index in [1.165, 1.54) is 21.9 Å². The smallest absolute Gasteiger partial charge is 0.251 e. The average molecular weight is 992 g/mol. The molecule has 0 unspecified atom stereocenters. The summed E-state index contributed by atoms with van der Waals surface area (Å²) in [6.45, 7) is 18.3. The number of likely N-dealkylation sites (tertiary alicyclic amines) is 2. The monoisotopic (exact) mass is 992 g/mol. The van der Waals surface area contributed by atoms with Gasteiger partial charge in [0.2, 0.25) is 35.4 Å². The van der Waals surface area contributed by atoms with Crippen LogP contribution in [-0.2, 0) is 28.8 Å². The van der Waals surface area contributed by atoms with Crippen molar-refractivity contribution in [3.05, 3.63) is 107 Å². The van der Waals surface area contributed by atoms with Crippen LogP contribution in [0.5, 0.6) is 0 Å². The molecule has 72 heavy (non-hydrogen) atoms. The van der Waals surface area contributed by atoms with E-state index in [1.54, 1.807) is 40.1 Å². The van der Waals surface area contributed by atoms with Gasteiger partial charge in [0.1, 0.15) is 24.2 Å². The number of hydrogen-bond donors (Lipinski definition) is 7. The maximum absolute atomic E-state index is 14.5. The number of carbonyl (C=O) groups excluding carboxylic acids is 8. The summed E-state index contributed by atoms with van der Waals surface area (Å²) in [4.78, 5) is 114. The normalized spacial score (nSPS) is 20.5. The maximum atomic E-state index is 14.5. The van der Waals surface area contributed by atoms with E-state index in [4.69, 9.17) is 0 Å². The molecular weight excluding hydrogens is 915 g/mol. The molecule has 2 saturated heterocycles. The van der Waals surface area contributed by atoms with E-state index in [9.17, 15) is 38.4 Å². The number of benzene rings is 3. The number of amides is 7. The van der Waals surface area contributed by atoms with Gasteiger partial charge in [-0.1, -0.05) is 114 Å². The van der Waals surface area contributed by atoms with Crippen LogP contribution in [0.2, 0.25) is 0 Å². The van der Waals surface area contributed by atoms with E-state index in [2.05, 4.69) is 37.2 Å². The molecule has 7 N–H and O–H groups in total. The highest BCUT2D eigenvalue weighted by molar-refractivity contribution is 6.00. The quantitative estimate of drug-likeness (QED) is 0.0848. The second kappa shape index (κ2) is 24.3. The molecule has 17 nitrogen and oxygen atoms in total. The molecule has 390 valence electrons. The van der Waals surface area contributed by atoms with Crippen molar-refractivity contribution in [2.45, 2.75) is 143 Å². The molecular formula is C55H77N9O8. The van der Waals surface area contributed by atoms with Crippen LogP contribution in [-0.4, -0.2) is 126 Å². The van der Waals surface area contributed by atoms with Crippen LogP contribution in [0.4, 0.5) is 0 Å². The summed E-state index contributed by atoms with van der Waals surface area (Å²) in [5.74, 6) is -3.47. The SMILES string of the molecule is CN[C@@H](C)C(=O)N[C@H](C(=O)N1C[C@@H](CC(=O)c2ccc(C(=O)N[C@H]3C[C@@H](C(=O)N[C@H](C)c4ccccc4)N(C(=O)[C@@H](NC(=O)[C@H](C)NC)C(C)(C)C)C3)cc2)C[C@H]1C(=O)N[C@H](C)c1ccccc1)C(C)(C)C. The topological polar surface area (TPSA) is 227 Å². The van der Waals surface area contributed by atoms with Gasteiger partial charge in [0.25, 0.3) is 5.91 Å². The minimum Gasteiger partial charge on any atom is -0.348 e. The van der Waals surface area contributed by atoms with Gasteiger partial charge in [-0.2, -0.15) is 0 Å². The zero-order valence-electron chi connectivity index (χ0n) is 44.1. The molecule has 5 rings (SSSR count). The van der Waals surface area contributed by atoms with E-state index in [0.29, 0.717) is 5.56 Å². The Morgan fingerprint density at radius 2 is 0.944 bits per heavy atom. The first kappa shape index (κ1) is 56.5. The molecule has 2 aliphatic rings. The van der Waals surface area contributed by atoms with E-state index in [-0.39, 0.29) is 73.5 Å². The summed E-state index contributed by atoms with van der Waals surface area (Å²) >= 11 is 0. The van der Waals surface area contributed by atoms with Gasteiger partial charge < -0.3 is 47.0 Å². The number of hydrogen-bond acceptors (Lipinski definition) is 10. The zero-order valence-corrected chi connectivity index (χ0v) is 44.1. The third-order valence-corrected chi connectivity index (χ3v) is 13.9. The number of nitrogens with zero attached hydrogens (tertiary/aromatic N) is 2. The van der Waals surface area contributed by atoms with E-state index in [1.807, 2.05) is 116 Å². The number of nitrogens with one attached hydrogen (secondary N) is 7. The third kappa shape index (κ3) is 14.4. The lowest BCUT2D eigenvalue weighted by molar-refractivity contribution is -0.144. The second-order valence-corrected chi connectivity index (χ2v) is 21.6. The summed E-state index contributed by atoms with van der Waals surface area (Å²) < 4.78 is 0. The molecule has 0 aromatic heterocycles. The molecule has 10 atom stereocenters. The minimum absolute atomic E-state index is 0.00596. The fraction of sp³-hybridized carbons (Fsp3) is 0.527. The first-order valence-electron chi connectivity index (χ1n) is 25.0. The van der Waals surface area contributed by atoms with Gasteiger partial charge in [-0.25, -0.2) is 0 Å². The predicted octanol–water partition coefficient (Wildman–Crippen LogP) is 4.21. The number of Topliss-reactive ketones (excluding diaryl/α,β-unsaturated/α-hetero) is 1. The first-order chi connectivity index (χ1) is 33.8.